The average molecular weight is 261 g/mol. The molecule has 0 spiro atoms. The molecule has 0 amide bonds. The minimum atomic E-state index is 0.342. The minimum absolute atomic E-state index is 0.342. The number of rotatable bonds is 3. The van der Waals surface area contributed by atoms with Gasteiger partial charge in [-0.15, -0.1) is 11.3 Å². The van der Waals surface area contributed by atoms with Gasteiger partial charge in [0.25, 0.3) is 0 Å². The zero-order valence-corrected chi connectivity index (χ0v) is 11.7. The summed E-state index contributed by atoms with van der Waals surface area (Å²) in [4.78, 5) is 1.11. The fourth-order valence-corrected chi connectivity index (χ4v) is 3.13. The molecule has 4 heteroatoms. The van der Waals surface area contributed by atoms with E-state index in [9.17, 15) is 5.26 Å². The van der Waals surface area contributed by atoms with E-state index in [4.69, 9.17) is 9.47 Å². The third kappa shape index (κ3) is 1.91. The maximum Gasteiger partial charge on any atom is 0.162 e. The van der Waals surface area contributed by atoms with E-state index in [-0.39, 0.29) is 0 Å². The molecule has 0 bridgehead atoms. The first-order valence-corrected chi connectivity index (χ1v) is 6.52. The maximum atomic E-state index is 9.33. The Balaban J connectivity index is 2.78. The van der Waals surface area contributed by atoms with Gasteiger partial charge in [0.2, 0.25) is 0 Å². The normalized spacial score (nSPS) is 10.7. The van der Waals surface area contributed by atoms with E-state index in [0.29, 0.717) is 17.4 Å². The molecule has 0 aliphatic carbocycles. The van der Waals surface area contributed by atoms with Crippen molar-refractivity contribution in [2.24, 2.45) is 0 Å². The second kappa shape index (κ2) is 4.87. The fourth-order valence-electron chi connectivity index (χ4n) is 1.96. The van der Waals surface area contributed by atoms with E-state index < -0.39 is 0 Å². The highest BCUT2D eigenvalue weighted by molar-refractivity contribution is 7.19. The first-order chi connectivity index (χ1) is 8.62. The van der Waals surface area contributed by atoms with Crippen LogP contribution in [0.15, 0.2) is 12.1 Å². The second-order valence-electron chi connectivity index (χ2n) is 4.31. The molecule has 94 valence electrons. The number of nitriles is 1. The van der Waals surface area contributed by atoms with Crippen molar-refractivity contribution >= 4 is 21.4 Å². The fraction of sp³-hybridized carbons (Fsp3) is 0.357. The third-order valence-corrected chi connectivity index (χ3v) is 4.31. The van der Waals surface area contributed by atoms with Crippen LogP contribution in [0.3, 0.4) is 0 Å². The Bertz CT molecular complexity index is 623. The topological polar surface area (TPSA) is 42.2 Å². The average Bonchev–Trinajstić information content (AvgIpc) is 2.74. The Labute approximate surface area is 111 Å². The summed E-state index contributed by atoms with van der Waals surface area (Å²) in [5.41, 5.74) is 0.756. The van der Waals surface area contributed by atoms with Gasteiger partial charge in [0, 0.05) is 21.0 Å². The van der Waals surface area contributed by atoms with Gasteiger partial charge in [0.05, 0.1) is 19.8 Å². The molecule has 2 aromatic rings. The van der Waals surface area contributed by atoms with E-state index in [1.54, 1.807) is 25.6 Å². The Kier molecular flexibility index (Phi) is 3.44. The molecule has 0 saturated carbocycles. The Morgan fingerprint density at radius 1 is 1.17 bits per heavy atom. The zero-order chi connectivity index (χ0) is 13.3. The molecule has 0 N–H and O–H groups in total. The van der Waals surface area contributed by atoms with E-state index in [0.717, 1.165) is 20.5 Å². The van der Waals surface area contributed by atoms with Crippen molar-refractivity contribution in [2.45, 2.75) is 19.8 Å². The number of methoxy groups -OCH3 is 2. The molecular formula is C14H15NO2S. The summed E-state index contributed by atoms with van der Waals surface area (Å²) in [6.45, 7) is 4.19. The number of thiophene rings is 1. The summed E-state index contributed by atoms with van der Waals surface area (Å²) in [5, 5.41) is 10.3. The standard InChI is InChI=1S/C14H15NO2S/c1-8(2)14-10(7-15)9-5-11(16-3)12(17-4)6-13(9)18-14/h5-6,8H,1-4H3. The summed E-state index contributed by atoms with van der Waals surface area (Å²) >= 11 is 1.65. The van der Waals surface area contributed by atoms with E-state index in [1.165, 1.54) is 0 Å². The molecule has 0 aliphatic heterocycles. The molecule has 1 heterocycles. The molecule has 0 radical (unpaired) electrons. The van der Waals surface area contributed by atoms with Crippen LogP contribution in [0.4, 0.5) is 0 Å². The lowest BCUT2D eigenvalue weighted by Crippen LogP contribution is -1.90. The van der Waals surface area contributed by atoms with Crippen molar-refractivity contribution in [3.63, 3.8) is 0 Å². The summed E-state index contributed by atoms with van der Waals surface area (Å²) in [5.74, 6) is 1.70. The lowest BCUT2D eigenvalue weighted by atomic mass is 10.1. The molecule has 3 nitrogen and oxygen atoms in total. The summed E-state index contributed by atoms with van der Waals surface area (Å²) in [6, 6.07) is 6.12. The number of fused-ring (bicyclic) bond motifs is 1. The van der Waals surface area contributed by atoms with Crippen LogP contribution in [0.25, 0.3) is 10.1 Å². The van der Waals surface area contributed by atoms with Crippen molar-refractivity contribution in [1.82, 2.24) is 0 Å². The number of ether oxygens (including phenoxy) is 2. The molecule has 0 atom stereocenters. The Hall–Kier alpha value is -1.73. The van der Waals surface area contributed by atoms with Crippen molar-refractivity contribution in [2.75, 3.05) is 14.2 Å². The number of benzene rings is 1. The first-order valence-electron chi connectivity index (χ1n) is 5.70. The van der Waals surface area contributed by atoms with Crippen molar-refractivity contribution in [3.8, 4) is 17.6 Å². The van der Waals surface area contributed by atoms with Gasteiger partial charge in [0.15, 0.2) is 11.5 Å². The van der Waals surface area contributed by atoms with Crippen molar-refractivity contribution in [3.05, 3.63) is 22.6 Å². The van der Waals surface area contributed by atoms with Crippen molar-refractivity contribution < 1.29 is 9.47 Å². The summed E-state index contributed by atoms with van der Waals surface area (Å²) < 4.78 is 11.6. The van der Waals surface area contributed by atoms with E-state index in [1.807, 2.05) is 12.1 Å². The van der Waals surface area contributed by atoms with Crippen LogP contribution >= 0.6 is 11.3 Å². The van der Waals surface area contributed by atoms with Gasteiger partial charge >= 0.3 is 0 Å². The van der Waals surface area contributed by atoms with Crippen LogP contribution < -0.4 is 9.47 Å². The van der Waals surface area contributed by atoms with Crippen LogP contribution in [0.2, 0.25) is 0 Å². The van der Waals surface area contributed by atoms with Crippen LogP contribution in [0.5, 0.6) is 11.5 Å². The number of hydrogen-bond acceptors (Lipinski definition) is 4. The molecular weight excluding hydrogens is 246 g/mol. The quantitative estimate of drug-likeness (QED) is 0.841. The smallest absolute Gasteiger partial charge is 0.162 e. The van der Waals surface area contributed by atoms with Gasteiger partial charge in [-0.1, -0.05) is 13.8 Å². The van der Waals surface area contributed by atoms with E-state index in [2.05, 4.69) is 19.9 Å². The van der Waals surface area contributed by atoms with Crippen LogP contribution in [-0.4, -0.2) is 14.2 Å². The van der Waals surface area contributed by atoms with Gasteiger partial charge in [-0.25, -0.2) is 0 Å². The van der Waals surface area contributed by atoms with Crippen LogP contribution in [0.1, 0.15) is 30.2 Å². The van der Waals surface area contributed by atoms with Gasteiger partial charge in [-0.05, 0) is 12.0 Å². The molecule has 0 aliphatic rings. The Morgan fingerprint density at radius 2 is 1.78 bits per heavy atom. The summed E-state index contributed by atoms with van der Waals surface area (Å²) in [7, 11) is 3.22. The molecule has 18 heavy (non-hydrogen) atoms. The highest BCUT2D eigenvalue weighted by atomic mass is 32.1. The largest absolute Gasteiger partial charge is 0.493 e. The predicted octanol–water partition coefficient (Wildman–Crippen LogP) is 3.91. The van der Waals surface area contributed by atoms with Crippen molar-refractivity contribution in [1.29, 1.82) is 5.26 Å². The van der Waals surface area contributed by atoms with Crippen LogP contribution in [-0.2, 0) is 0 Å². The van der Waals surface area contributed by atoms with Gasteiger partial charge < -0.3 is 9.47 Å². The highest BCUT2D eigenvalue weighted by Gasteiger charge is 2.17. The SMILES string of the molecule is COc1cc2sc(C(C)C)c(C#N)c2cc1OC. The summed E-state index contributed by atoms with van der Waals surface area (Å²) in [6.07, 6.45) is 0. The molecule has 0 fully saturated rings. The van der Waals surface area contributed by atoms with Crippen LogP contribution in [0, 0.1) is 11.3 Å². The minimum Gasteiger partial charge on any atom is -0.493 e. The predicted molar refractivity (Wildman–Crippen MR) is 73.7 cm³/mol. The monoisotopic (exact) mass is 261 g/mol. The maximum absolute atomic E-state index is 9.33. The highest BCUT2D eigenvalue weighted by Crippen LogP contribution is 2.41. The zero-order valence-electron chi connectivity index (χ0n) is 10.9. The molecule has 0 unspecified atom stereocenters. The Morgan fingerprint density at radius 3 is 2.28 bits per heavy atom. The third-order valence-electron chi connectivity index (χ3n) is 2.86. The lowest BCUT2D eigenvalue weighted by molar-refractivity contribution is 0.356. The van der Waals surface area contributed by atoms with Gasteiger partial charge in [-0.2, -0.15) is 5.26 Å². The molecule has 1 aromatic carbocycles. The molecule has 0 saturated heterocycles. The number of hydrogen-bond donors (Lipinski definition) is 0. The molecule has 2 rings (SSSR count). The number of nitrogens with zero attached hydrogens (tertiary/aromatic N) is 1. The second-order valence-corrected chi connectivity index (χ2v) is 5.39. The van der Waals surface area contributed by atoms with Gasteiger partial charge in [-0.3, -0.25) is 0 Å². The first kappa shape index (κ1) is 12.7. The lowest BCUT2D eigenvalue weighted by Gasteiger charge is -2.06. The molecule has 1 aromatic heterocycles. The van der Waals surface area contributed by atoms with Gasteiger partial charge in [0.1, 0.15) is 6.07 Å². The van der Waals surface area contributed by atoms with E-state index >= 15 is 0 Å².